The molecule has 2 rings (SSSR count). The van der Waals surface area contributed by atoms with Gasteiger partial charge in [0.1, 0.15) is 0 Å². The molecule has 0 aliphatic carbocycles. The number of hydrogen-bond donors (Lipinski definition) is 1. The Morgan fingerprint density at radius 3 is 2.67 bits per heavy atom. The van der Waals surface area contributed by atoms with Crippen molar-refractivity contribution in [3.05, 3.63) is 24.0 Å². The summed E-state index contributed by atoms with van der Waals surface area (Å²) in [6.07, 6.45) is 1.38. The Morgan fingerprint density at radius 1 is 1.40 bits per heavy atom. The van der Waals surface area contributed by atoms with Gasteiger partial charge in [0.15, 0.2) is 0 Å². The number of nitrogens with zero attached hydrogens (tertiary/aromatic N) is 2. The monoisotopic (exact) mass is 224 g/mol. The van der Waals surface area contributed by atoms with Gasteiger partial charge in [0.05, 0.1) is 23.7 Å². The van der Waals surface area contributed by atoms with Crippen molar-refractivity contribution in [1.82, 2.24) is 4.98 Å². The van der Waals surface area contributed by atoms with Crippen LogP contribution in [0.5, 0.6) is 0 Å². The molecule has 15 heavy (non-hydrogen) atoms. The number of pyridine rings is 1. The van der Waals surface area contributed by atoms with E-state index in [1.807, 2.05) is 30.1 Å². The van der Waals surface area contributed by atoms with E-state index < -0.39 is 6.10 Å². The van der Waals surface area contributed by atoms with E-state index in [1.165, 1.54) is 17.2 Å². The molecule has 1 N–H and O–H groups in total. The number of rotatable bonds is 2. The molecule has 0 spiro atoms. The van der Waals surface area contributed by atoms with E-state index in [0.717, 1.165) is 18.8 Å². The zero-order valence-corrected chi connectivity index (χ0v) is 9.70. The Labute approximate surface area is 94.5 Å². The van der Waals surface area contributed by atoms with Crippen molar-refractivity contribution in [3.8, 4) is 0 Å². The van der Waals surface area contributed by atoms with Gasteiger partial charge in [-0.15, -0.1) is 0 Å². The van der Waals surface area contributed by atoms with E-state index in [-0.39, 0.29) is 0 Å². The maximum absolute atomic E-state index is 9.35. The highest BCUT2D eigenvalue weighted by molar-refractivity contribution is 7.99. The van der Waals surface area contributed by atoms with Crippen molar-refractivity contribution >= 4 is 17.4 Å². The van der Waals surface area contributed by atoms with Gasteiger partial charge in [-0.3, -0.25) is 4.98 Å². The largest absolute Gasteiger partial charge is 0.387 e. The van der Waals surface area contributed by atoms with Crippen LogP contribution in [-0.2, 0) is 0 Å². The first-order valence-electron chi connectivity index (χ1n) is 5.24. The van der Waals surface area contributed by atoms with E-state index >= 15 is 0 Å². The molecule has 4 heteroatoms. The third kappa shape index (κ3) is 2.63. The van der Waals surface area contributed by atoms with Crippen LogP contribution in [0.1, 0.15) is 18.7 Å². The molecule has 2 heterocycles. The van der Waals surface area contributed by atoms with Crippen LogP contribution in [0.15, 0.2) is 18.3 Å². The van der Waals surface area contributed by atoms with Crippen molar-refractivity contribution in [3.63, 3.8) is 0 Å². The van der Waals surface area contributed by atoms with Gasteiger partial charge in [-0.05, 0) is 19.1 Å². The first-order valence-corrected chi connectivity index (χ1v) is 6.39. The summed E-state index contributed by atoms with van der Waals surface area (Å²) in [7, 11) is 0. The molecule has 82 valence electrons. The average molecular weight is 224 g/mol. The standard InChI is InChI=1S/C11H16N2OS/c1-9(14)11-3-2-10(8-12-11)13-4-6-15-7-5-13/h2-3,8-9,14H,4-7H2,1H3/t9-/m1/s1. The highest BCUT2D eigenvalue weighted by atomic mass is 32.2. The molecule has 1 atom stereocenters. The van der Waals surface area contributed by atoms with Crippen molar-refractivity contribution in [2.24, 2.45) is 0 Å². The number of aliphatic hydroxyl groups is 1. The number of anilines is 1. The van der Waals surface area contributed by atoms with Gasteiger partial charge in [-0.25, -0.2) is 0 Å². The molecule has 1 saturated heterocycles. The lowest BCUT2D eigenvalue weighted by Gasteiger charge is -2.28. The minimum absolute atomic E-state index is 0.476. The molecule has 1 aliphatic rings. The van der Waals surface area contributed by atoms with E-state index in [4.69, 9.17) is 0 Å². The minimum atomic E-state index is -0.476. The van der Waals surface area contributed by atoms with Crippen molar-refractivity contribution in [1.29, 1.82) is 0 Å². The Hall–Kier alpha value is -0.740. The lowest BCUT2D eigenvalue weighted by atomic mass is 10.2. The molecular weight excluding hydrogens is 208 g/mol. The second-order valence-corrected chi connectivity index (χ2v) is 4.94. The summed E-state index contributed by atoms with van der Waals surface area (Å²) in [4.78, 5) is 6.60. The number of aromatic nitrogens is 1. The summed E-state index contributed by atoms with van der Waals surface area (Å²) in [6, 6.07) is 3.95. The number of aliphatic hydroxyl groups excluding tert-OH is 1. The summed E-state index contributed by atoms with van der Waals surface area (Å²) < 4.78 is 0. The highest BCUT2D eigenvalue weighted by Crippen LogP contribution is 2.19. The fraction of sp³-hybridized carbons (Fsp3) is 0.545. The van der Waals surface area contributed by atoms with Crippen LogP contribution in [0.3, 0.4) is 0 Å². The molecule has 1 aromatic heterocycles. The maximum atomic E-state index is 9.35. The molecular formula is C11H16N2OS. The molecule has 0 aromatic carbocycles. The van der Waals surface area contributed by atoms with E-state index in [2.05, 4.69) is 9.88 Å². The van der Waals surface area contributed by atoms with Gasteiger partial charge in [0.2, 0.25) is 0 Å². The molecule has 0 bridgehead atoms. The van der Waals surface area contributed by atoms with Gasteiger partial charge in [0.25, 0.3) is 0 Å². The van der Waals surface area contributed by atoms with Crippen LogP contribution in [0.4, 0.5) is 5.69 Å². The van der Waals surface area contributed by atoms with Crippen LogP contribution in [0.25, 0.3) is 0 Å². The first-order chi connectivity index (χ1) is 7.27. The molecule has 1 fully saturated rings. The van der Waals surface area contributed by atoms with Gasteiger partial charge >= 0.3 is 0 Å². The zero-order valence-electron chi connectivity index (χ0n) is 8.89. The number of hydrogen-bond acceptors (Lipinski definition) is 4. The average Bonchev–Trinajstić information content (AvgIpc) is 2.30. The predicted molar refractivity (Wildman–Crippen MR) is 64.4 cm³/mol. The fourth-order valence-corrected chi connectivity index (χ4v) is 2.56. The van der Waals surface area contributed by atoms with Crippen molar-refractivity contribution in [2.75, 3.05) is 29.5 Å². The summed E-state index contributed by atoms with van der Waals surface area (Å²) in [5.41, 5.74) is 1.91. The van der Waals surface area contributed by atoms with E-state index in [0.29, 0.717) is 0 Å². The van der Waals surface area contributed by atoms with Crippen LogP contribution in [0, 0.1) is 0 Å². The van der Waals surface area contributed by atoms with Crippen LogP contribution < -0.4 is 4.90 Å². The highest BCUT2D eigenvalue weighted by Gasteiger charge is 2.11. The fourth-order valence-electron chi connectivity index (χ4n) is 1.65. The Morgan fingerprint density at radius 2 is 2.13 bits per heavy atom. The first kappa shape index (κ1) is 10.8. The summed E-state index contributed by atoms with van der Waals surface area (Å²) in [5.74, 6) is 2.39. The lowest BCUT2D eigenvalue weighted by molar-refractivity contribution is 0.194. The number of thioether (sulfide) groups is 1. The smallest absolute Gasteiger partial charge is 0.0931 e. The van der Waals surface area contributed by atoms with Gasteiger partial charge < -0.3 is 10.0 Å². The normalized spacial score (nSPS) is 18.9. The zero-order chi connectivity index (χ0) is 10.7. The Bertz CT molecular complexity index is 307. The van der Waals surface area contributed by atoms with E-state index in [9.17, 15) is 5.11 Å². The topological polar surface area (TPSA) is 36.4 Å². The van der Waals surface area contributed by atoms with Crippen molar-refractivity contribution < 1.29 is 5.11 Å². The second-order valence-electron chi connectivity index (χ2n) is 3.72. The van der Waals surface area contributed by atoms with Crippen molar-refractivity contribution in [2.45, 2.75) is 13.0 Å². The van der Waals surface area contributed by atoms with Gasteiger partial charge in [0, 0.05) is 24.6 Å². The molecule has 0 radical (unpaired) electrons. The Balaban J connectivity index is 2.08. The van der Waals surface area contributed by atoms with Gasteiger partial charge in [-0.2, -0.15) is 11.8 Å². The summed E-state index contributed by atoms with van der Waals surface area (Å²) >= 11 is 2.00. The van der Waals surface area contributed by atoms with Crippen LogP contribution in [0.2, 0.25) is 0 Å². The minimum Gasteiger partial charge on any atom is -0.387 e. The summed E-state index contributed by atoms with van der Waals surface area (Å²) in [5, 5.41) is 9.35. The third-order valence-corrected chi connectivity index (χ3v) is 3.52. The molecule has 0 saturated carbocycles. The summed E-state index contributed by atoms with van der Waals surface area (Å²) in [6.45, 7) is 3.93. The van der Waals surface area contributed by atoms with Crippen LogP contribution in [-0.4, -0.2) is 34.7 Å². The van der Waals surface area contributed by atoms with Crippen LogP contribution >= 0.6 is 11.8 Å². The molecule has 3 nitrogen and oxygen atoms in total. The molecule has 1 aliphatic heterocycles. The SMILES string of the molecule is C[C@@H](O)c1ccc(N2CCSCC2)cn1. The predicted octanol–water partition coefficient (Wildman–Crippen LogP) is 1.69. The molecule has 0 amide bonds. The lowest BCUT2D eigenvalue weighted by Crippen LogP contribution is -2.32. The Kier molecular flexibility index (Phi) is 3.49. The quantitative estimate of drug-likeness (QED) is 0.829. The second kappa shape index (κ2) is 4.86. The maximum Gasteiger partial charge on any atom is 0.0931 e. The van der Waals surface area contributed by atoms with Gasteiger partial charge in [-0.1, -0.05) is 0 Å². The van der Waals surface area contributed by atoms with E-state index in [1.54, 1.807) is 6.92 Å². The molecule has 0 unspecified atom stereocenters. The third-order valence-electron chi connectivity index (χ3n) is 2.58. The molecule has 1 aromatic rings.